The zero-order valence-electron chi connectivity index (χ0n) is 17.5. The van der Waals surface area contributed by atoms with Crippen LogP contribution in [0, 0.1) is 6.92 Å². The van der Waals surface area contributed by atoms with Crippen LogP contribution in [-0.2, 0) is 6.54 Å². The van der Waals surface area contributed by atoms with E-state index < -0.39 is 0 Å². The molecular weight excluding hydrogens is 406 g/mol. The molecule has 7 nitrogen and oxygen atoms in total. The second kappa shape index (κ2) is 8.19. The number of fused-ring (bicyclic) bond motifs is 2. The second-order valence-electron chi connectivity index (χ2n) is 7.52. The number of aryl methyl sites for hydroxylation is 1. The van der Waals surface area contributed by atoms with Crippen molar-refractivity contribution in [1.82, 2.24) is 14.9 Å². The van der Waals surface area contributed by atoms with Crippen LogP contribution in [0.15, 0.2) is 71.5 Å². The monoisotopic (exact) mass is 427 g/mol. The minimum absolute atomic E-state index is 0.135. The number of aromatic nitrogens is 2. The van der Waals surface area contributed by atoms with Gasteiger partial charge in [-0.1, -0.05) is 18.2 Å². The standard InChI is InChI=1S/C25H21N3O4/c1-16-27-21-5-3-2-4-20(21)25(30)28(16)19-9-7-18(8-10-19)24(29)26-15-17-6-11-22-23(14-17)32-13-12-31-22/h2-11,14H,12-13,15H2,1H3,(H,26,29). The maximum atomic E-state index is 13.0. The maximum Gasteiger partial charge on any atom is 0.265 e. The van der Waals surface area contributed by atoms with Gasteiger partial charge in [0.2, 0.25) is 0 Å². The lowest BCUT2D eigenvalue weighted by molar-refractivity contribution is 0.0951. The van der Waals surface area contributed by atoms with Gasteiger partial charge in [0.25, 0.3) is 11.5 Å². The second-order valence-corrected chi connectivity index (χ2v) is 7.52. The normalized spacial score (nSPS) is 12.5. The third kappa shape index (κ3) is 3.69. The van der Waals surface area contributed by atoms with Gasteiger partial charge in [-0.05, 0) is 61.0 Å². The van der Waals surface area contributed by atoms with Crippen LogP contribution in [0.3, 0.4) is 0 Å². The van der Waals surface area contributed by atoms with Crippen molar-refractivity contribution in [3.63, 3.8) is 0 Å². The van der Waals surface area contributed by atoms with Crippen molar-refractivity contribution in [3.8, 4) is 17.2 Å². The van der Waals surface area contributed by atoms with Crippen molar-refractivity contribution in [1.29, 1.82) is 0 Å². The molecule has 0 atom stereocenters. The fourth-order valence-corrected chi connectivity index (χ4v) is 3.79. The van der Waals surface area contributed by atoms with E-state index in [1.165, 1.54) is 0 Å². The number of hydrogen-bond donors (Lipinski definition) is 1. The average molecular weight is 427 g/mol. The molecule has 7 heteroatoms. The molecule has 0 saturated carbocycles. The van der Waals surface area contributed by atoms with E-state index in [9.17, 15) is 9.59 Å². The molecule has 160 valence electrons. The molecule has 0 radical (unpaired) electrons. The largest absolute Gasteiger partial charge is 0.486 e. The first-order chi connectivity index (χ1) is 15.6. The number of nitrogens with one attached hydrogen (secondary N) is 1. The summed E-state index contributed by atoms with van der Waals surface area (Å²) in [6, 6.07) is 19.8. The Bertz CT molecular complexity index is 1380. The smallest absolute Gasteiger partial charge is 0.265 e. The number of rotatable bonds is 4. The van der Waals surface area contributed by atoms with Crippen LogP contribution < -0.4 is 20.3 Å². The highest BCUT2D eigenvalue weighted by Gasteiger charge is 2.13. The molecule has 1 amide bonds. The quantitative estimate of drug-likeness (QED) is 0.540. The first-order valence-electron chi connectivity index (χ1n) is 10.4. The van der Waals surface area contributed by atoms with Gasteiger partial charge in [0.05, 0.1) is 16.6 Å². The molecule has 1 N–H and O–H groups in total. The van der Waals surface area contributed by atoms with Crippen LogP contribution in [0.5, 0.6) is 11.5 Å². The molecule has 5 rings (SSSR count). The van der Waals surface area contributed by atoms with E-state index in [2.05, 4.69) is 10.3 Å². The Morgan fingerprint density at radius 3 is 2.56 bits per heavy atom. The minimum Gasteiger partial charge on any atom is -0.486 e. The van der Waals surface area contributed by atoms with Crippen LogP contribution in [0.4, 0.5) is 0 Å². The molecule has 1 aliphatic rings. The number of amides is 1. The van der Waals surface area contributed by atoms with E-state index in [1.54, 1.807) is 41.8 Å². The van der Waals surface area contributed by atoms with Gasteiger partial charge >= 0.3 is 0 Å². The Morgan fingerprint density at radius 1 is 1.00 bits per heavy atom. The number of hydrogen-bond acceptors (Lipinski definition) is 5. The average Bonchev–Trinajstić information content (AvgIpc) is 2.83. The third-order valence-electron chi connectivity index (χ3n) is 5.39. The van der Waals surface area contributed by atoms with Crippen molar-refractivity contribution >= 4 is 16.8 Å². The zero-order chi connectivity index (χ0) is 22.1. The highest BCUT2D eigenvalue weighted by Crippen LogP contribution is 2.30. The highest BCUT2D eigenvalue weighted by atomic mass is 16.6. The summed E-state index contributed by atoms with van der Waals surface area (Å²) < 4.78 is 12.7. The van der Waals surface area contributed by atoms with Crippen molar-refractivity contribution in [3.05, 3.63) is 94.0 Å². The Hall–Kier alpha value is -4.13. The molecule has 3 aromatic carbocycles. The van der Waals surface area contributed by atoms with E-state index in [4.69, 9.17) is 9.47 Å². The van der Waals surface area contributed by atoms with E-state index in [-0.39, 0.29) is 11.5 Å². The van der Waals surface area contributed by atoms with E-state index in [0.717, 1.165) is 11.3 Å². The first kappa shape index (κ1) is 19.8. The molecule has 0 fully saturated rings. The lowest BCUT2D eigenvalue weighted by Gasteiger charge is -2.19. The van der Waals surface area contributed by atoms with E-state index >= 15 is 0 Å². The summed E-state index contributed by atoms with van der Waals surface area (Å²) in [4.78, 5) is 30.1. The number of carbonyl (C=O) groups excluding carboxylic acids is 1. The van der Waals surface area contributed by atoms with Gasteiger partial charge < -0.3 is 14.8 Å². The van der Waals surface area contributed by atoms with Crippen LogP contribution in [0.1, 0.15) is 21.7 Å². The zero-order valence-corrected chi connectivity index (χ0v) is 17.5. The summed E-state index contributed by atoms with van der Waals surface area (Å²) in [6.45, 7) is 3.22. The predicted molar refractivity (Wildman–Crippen MR) is 121 cm³/mol. The molecule has 32 heavy (non-hydrogen) atoms. The molecule has 0 spiro atoms. The molecule has 0 bridgehead atoms. The lowest BCUT2D eigenvalue weighted by Crippen LogP contribution is -2.24. The van der Waals surface area contributed by atoms with Crippen LogP contribution >= 0.6 is 0 Å². The topological polar surface area (TPSA) is 82.5 Å². The van der Waals surface area contributed by atoms with Gasteiger partial charge in [0.15, 0.2) is 11.5 Å². The summed E-state index contributed by atoms with van der Waals surface area (Å²) in [6.07, 6.45) is 0. The van der Waals surface area contributed by atoms with Crippen LogP contribution in [0.2, 0.25) is 0 Å². The molecule has 0 saturated heterocycles. The lowest BCUT2D eigenvalue weighted by atomic mass is 10.1. The van der Waals surface area contributed by atoms with Gasteiger partial charge in [-0.25, -0.2) is 4.98 Å². The fourth-order valence-electron chi connectivity index (χ4n) is 3.79. The van der Waals surface area contributed by atoms with Crippen LogP contribution in [-0.4, -0.2) is 28.7 Å². The summed E-state index contributed by atoms with van der Waals surface area (Å²) in [5.74, 6) is 1.80. The summed E-state index contributed by atoms with van der Waals surface area (Å²) >= 11 is 0. The highest BCUT2D eigenvalue weighted by molar-refractivity contribution is 5.94. The molecule has 4 aromatic rings. The number of benzene rings is 3. The summed E-state index contributed by atoms with van der Waals surface area (Å²) in [5.41, 5.74) is 2.62. The van der Waals surface area contributed by atoms with Crippen molar-refractivity contribution in [2.24, 2.45) is 0 Å². The number of carbonyl (C=O) groups is 1. The van der Waals surface area contributed by atoms with E-state index in [0.29, 0.717) is 53.5 Å². The van der Waals surface area contributed by atoms with Gasteiger partial charge in [-0.3, -0.25) is 14.2 Å². The molecule has 0 unspecified atom stereocenters. The van der Waals surface area contributed by atoms with Crippen molar-refractivity contribution in [2.45, 2.75) is 13.5 Å². The SMILES string of the molecule is Cc1nc2ccccc2c(=O)n1-c1ccc(C(=O)NCc2ccc3c(c2)OCCO3)cc1. The number of nitrogens with zero attached hydrogens (tertiary/aromatic N) is 2. The van der Waals surface area contributed by atoms with Gasteiger partial charge in [0, 0.05) is 12.1 Å². The predicted octanol–water partition coefficient (Wildman–Crippen LogP) is 3.40. The fraction of sp³-hybridized carbons (Fsp3) is 0.160. The molecule has 1 aromatic heterocycles. The Morgan fingerprint density at radius 2 is 1.75 bits per heavy atom. The maximum absolute atomic E-state index is 13.0. The Balaban J connectivity index is 1.33. The Labute approximate surface area is 184 Å². The van der Waals surface area contributed by atoms with Crippen molar-refractivity contribution in [2.75, 3.05) is 13.2 Å². The molecule has 2 heterocycles. The van der Waals surface area contributed by atoms with Gasteiger partial charge in [-0.2, -0.15) is 0 Å². The van der Waals surface area contributed by atoms with E-state index in [1.807, 2.05) is 36.4 Å². The molecule has 0 aliphatic carbocycles. The summed E-state index contributed by atoms with van der Waals surface area (Å²) in [7, 11) is 0. The van der Waals surface area contributed by atoms with Crippen LogP contribution in [0.25, 0.3) is 16.6 Å². The molecular formula is C25H21N3O4. The third-order valence-corrected chi connectivity index (χ3v) is 5.39. The molecule has 1 aliphatic heterocycles. The van der Waals surface area contributed by atoms with Crippen molar-refractivity contribution < 1.29 is 14.3 Å². The number of para-hydroxylation sites is 1. The van der Waals surface area contributed by atoms with Gasteiger partial charge in [0.1, 0.15) is 19.0 Å². The first-order valence-corrected chi connectivity index (χ1v) is 10.4. The Kier molecular flexibility index (Phi) is 5.07. The summed E-state index contributed by atoms with van der Waals surface area (Å²) in [5, 5.41) is 3.47. The minimum atomic E-state index is -0.202. The van der Waals surface area contributed by atoms with Gasteiger partial charge in [-0.15, -0.1) is 0 Å². The number of ether oxygens (including phenoxy) is 2.